The second kappa shape index (κ2) is 14.1. The van der Waals surface area contributed by atoms with Crippen LogP contribution in [0, 0.1) is 63.6 Å². The zero-order valence-corrected chi connectivity index (χ0v) is 34.1. The summed E-state index contributed by atoms with van der Waals surface area (Å²) in [6.07, 6.45) is 9.03. The lowest BCUT2D eigenvalue weighted by molar-refractivity contribution is -0.197. The molecule has 0 aromatic heterocycles. The van der Waals surface area contributed by atoms with E-state index in [9.17, 15) is 13.2 Å². The minimum Gasteiger partial charge on any atom is -0.272 e. The summed E-state index contributed by atoms with van der Waals surface area (Å²) in [6, 6.07) is 20.8. The SMILES string of the molecule is O=C(N(Cc1ccc(F)c(F)c1)N(Cc1cc(F)c(F)c(F)c1)C(=O)C12CC3CC(C1)CC(c1ccc(Cl)cc1)(C3)C2)C12CC3CC(C1)CC(c1ccc(Cl)cc1)(C3)C2. The second-order valence-electron chi connectivity index (χ2n) is 19.4. The fourth-order valence-corrected chi connectivity index (χ4v) is 14.3. The van der Waals surface area contributed by atoms with Gasteiger partial charge in [-0.15, -0.1) is 0 Å². The van der Waals surface area contributed by atoms with Gasteiger partial charge >= 0.3 is 0 Å². The molecule has 59 heavy (non-hydrogen) atoms. The zero-order chi connectivity index (χ0) is 41.1. The lowest BCUT2D eigenvalue weighted by Crippen LogP contribution is -2.65. The number of benzene rings is 4. The molecule has 2 amide bonds. The number of amides is 2. The normalized spacial score (nSPS) is 32.4. The minimum atomic E-state index is -1.63. The summed E-state index contributed by atoms with van der Waals surface area (Å²) in [6.45, 7) is -0.719. The maximum Gasteiger partial charge on any atom is 0.247 e. The van der Waals surface area contributed by atoms with Gasteiger partial charge in [0, 0.05) is 10.0 Å². The Kier molecular flexibility index (Phi) is 9.34. The van der Waals surface area contributed by atoms with Crippen LogP contribution in [0.3, 0.4) is 0 Å². The first-order chi connectivity index (χ1) is 28.2. The molecule has 8 aliphatic carbocycles. The van der Waals surface area contributed by atoms with Gasteiger partial charge in [0.25, 0.3) is 0 Å². The summed E-state index contributed by atoms with van der Waals surface area (Å²) >= 11 is 12.7. The third kappa shape index (κ3) is 6.59. The zero-order valence-electron chi connectivity index (χ0n) is 32.6. The van der Waals surface area contributed by atoms with Crippen molar-refractivity contribution in [3.05, 3.63) is 140 Å². The molecule has 4 aromatic carbocycles. The van der Waals surface area contributed by atoms with Gasteiger partial charge in [0.1, 0.15) is 0 Å². The Bertz CT molecular complexity index is 2300. The standard InChI is InChI=1S/C48H45Cl2F5N2O2/c49-36-6-2-34(3-7-36)45-16-30-11-31(17-45)21-47(20-30,26-45)43(58)56(24-28-1-10-38(51)39(52)13-28)57(25-29-14-40(53)42(55)41(54)15-29)44(59)48-22-32-12-33(23-48)19-46(18-32,27-48)35-4-8-37(50)9-5-35/h1-10,13-15,30-33H,11-12,16-27H2. The molecule has 12 rings (SSSR count). The molecule has 8 aliphatic rings. The predicted octanol–water partition coefficient (Wildman–Crippen LogP) is 12.0. The molecular weight excluding hydrogens is 802 g/mol. The topological polar surface area (TPSA) is 40.6 Å². The molecule has 308 valence electrons. The van der Waals surface area contributed by atoms with Crippen molar-refractivity contribution in [3.8, 4) is 0 Å². The van der Waals surface area contributed by atoms with Crippen molar-refractivity contribution in [2.24, 2.45) is 34.5 Å². The molecule has 8 bridgehead atoms. The smallest absolute Gasteiger partial charge is 0.247 e. The number of rotatable bonds is 8. The summed E-state index contributed by atoms with van der Waals surface area (Å²) in [5.74, 6) is -6.31. The van der Waals surface area contributed by atoms with Gasteiger partial charge in [-0.1, -0.05) is 53.5 Å². The first kappa shape index (κ1) is 39.2. The molecule has 4 atom stereocenters. The van der Waals surface area contributed by atoms with E-state index in [0.29, 0.717) is 48.6 Å². The van der Waals surface area contributed by atoms with E-state index in [0.717, 1.165) is 73.9 Å². The monoisotopic (exact) mass is 846 g/mol. The molecule has 0 heterocycles. The molecule has 4 aromatic rings. The molecule has 0 radical (unpaired) electrons. The van der Waals surface area contributed by atoms with Crippen molar-refractivity contribution < 1.29 is 31.5 Å². The third-order valence-corrected chi connectivity index (χ3v) is 15.9. The fraction of sp³-hybridized carbons (Fsp3) is 0.458. The van der Waals surface area contributed by atoms with E-state index in [2.05, 4.69) is 0 Å². The van der Waals surface area contributed by atoms with E-state index in [1.807, 2.05) is 48.5 Å². The van der Waals surface area contributed by atoms with Crippen LogP contribution in [0.25, 0.3) is 0 Å². The summed E-state index contributed by atoms with van der Waals surface area (Å²) in [5, 5.41) is 3.98. The second-order valence-corrected chi connectivity index (χ2v) is 20.3. The highest BCUT2D eigenvalue weighted by molar-refractivity contribution is 6.30. The molecule has 8 fully saturated rings. The van der Waals surface area contributed by atoms with Crippen LogP contribution in [0.15, 0.2) is 78.9 Å². The van der Waals surface area contributed by atoms with E-state index >= 15 is 18.4 Å². The Labute approximate surface area is 351 Å². The maximum absolute atomic E-state index is 16.0. The molecule has 0 saturated heterocycles. The molecule has 0 spiro atoms. The van der Waals surface area contributed by atoms with Crippen LogP contribution in [-0.2, 0) is 33.5 Å². The third-order valence-electron chi connectivity index (χ3n) is 15.4. The first-order valence-electron chi connectivity index (χ1n) is 20.9. The van der Waals surface area contributed by atoms with E-state index < -0.39 is 46.5 Å². The molecule has 0 aliphatic heterocycles. The maximum atomic E-state index is 16.0. The molecule has 0 N–H and O–H groups in total. The molecule has 4 nitrogen and oxygen atoms in total. The largest absolute Gasteiger partial charge is 0.272 e. The average Bonchev–Trinajstić information content (AvgIpc) is 3.18. The molecule has 11 heteroatoms. The number of hydrazine groups is 1. The van der Waals surface area contributed by atoms with E-state index in [1.165, 1.54) is 16.1 Å². The summed E-state index contributed by atoms with van der Waals surface area (Å²) < 4.78 is 73.8. The number of carbonyl (C=O) groups excluding carboxylic acids is 2. The van der Waals surface area contributed by atoms with Crippen LogP contribution in [0.5, 0.6) is 0 Å². The Morgan fingerprint density at radius 1 is 0.508 bits per heavy atom. The van der Waals surface area contributed by atoms with Crippen molar-refractivity contribution in [1.29, 1.82) is 0 Å². The highest BCUT2D eigenvalue weighted by atomic mass is 35.5. The van der Waals surface area contributed by atoms with Gasteiger partial charge in [-0.3, -0.25) is 9.59 Å². The van der Waals surface area contributed by atoms with Gasteiger partial charge in [0.05, 0.1) is 23.9 Å². The number of nitrogens with zero attached hydrogens (tertiary/aromatic N) is 2. The number of hydrogen-bond donors (Lipinski definition) is 0. The van der Waals surface area contributed by atoms with Crippen LogP contribution >= 0.6 is 23.2 Å². The Hall–Kier alpha value is -3.95. The van der Waals surface area contributed by atoms with Crippen LogP contribution in [0.4, 0.5) is 22.0 Å². The van der Waals surface area contributed by atoms with Crippen molar-refractivity contribution in [2.45, 2.75) is 101 Å². The van der Waals surface area contributed by atoms with E-state index in [1.54, 1.807) is 0 Å². The number of hydrogen-bond acceptors (Lipinski definition) is 2. The van der Waals surface area contributed by atoms with Crippen LogP contribution in [0.2, 0.25) is 10.0 Å². The van der Waals surface area contributed by atoms with Gasteiger partial charge < -0.3 is 0 Å². The van der Waals surface area contributed by atoms with Gasteiger partial charge in [-0.25, -0.2) is 32.0 Å². The Balaban J connectivity index is 1.10. The Morgan fingerprint density at radius 2 is 0.898 bits per heavy atom. The predicted molar refractivity (Wildman–Crippen MR) is 214 cm³/mol. The van der Waals surface area contributed by atoms with Crippen LogP contribution < -0.4 is 0 Å². The van der Waals surface area contributed by atoms with Crippen molar-refractivity contribution in [3.63, 3.8) is 0 Å². The van der Waals surface area contributed by atoms with Gasteiger partial charge in [0.15, 0.2) is 29.1 Å². The van der Waals surface area contributed by atoms with Gasteiger partial charge in [0.2, 0.25) is 11.8 Å². The highest BCUT2D eigenvalue weighted by Crippen LogP contribution is 2.68. The molecular formula is C48H45Cl2F5N2O2. The number of carbonyl (C=O) groups is 2. The van der Waals surface area contributed by atoms with Gasteiger partial charge in [-0.05, 0) is 182 Å². The average molecular weight is 848 g/mol. The summed E-state index contributed by atoms with van der Waals surface area (Å²) in [4.78, 5) is 31.9. The minimum absolute atomic E-state index is 0.0295. The van der Waals surface area contributed by atoms with E-state index in [-0.39, 0.29) is 64.0 Å². The van der Waals surface area contributed by atoms with Crippen molar-refractivity contribution >= 4 is 35.0 Å². The Morgan fingerprint density at radius 3 is 1.31 bits per heavy atom. The summed E-state index contributed by atoms with van der Waals surface area (Å²) in [5.41, 5.74) is -0.00850. The van der Waals surface area contributed by atoms with Crippen LogP contribution in [0.1, 0.15) is 99.3 Å². The summed E-state index contributed by atoms with van der Waals surface area (Å²) in [7, 11) is 0. The number of halogens is 7. The van der Waals surface area contributed by atoms with E-state index in [4.69, 9.17) is 23.2 Å². The lowest BCUT2D eigenvalue weighted by atomic mass is 9.42. The van der Waals surface area contributed by atoms with Crippen molar-refractivity contribution in [2.75, 3.05) is 0 Å². The fourth-order valence-electron chi connectivity index (χ4n) is 14.1. The molecule has 4 unspecified atom stereocenters. The molecule has 8 saturated carbocycles. The highest BCUT2D eigenvalue weighted by Gasteiger charge is 2.65. The first-order valence-corrected chi connectivity index (χ1v) is 21.7. The van der Waals surface area contributed by atoms with Crippen LogP contribution in [-0.4, -0.2) is 21.8 Å². The van der Waals surface area contributed by atoms with Crippen molar-refractivity contribution in [1.82, 2.24) is 10.0 Å². The quantitative estimate of drug-likeness (QED) is 0.101. The lowest BCUT2D eigenvalue weighted by Gasteiger charge is -2.63. The van der Waals surface area contributed by atoms with Gasteiger partial charge in [-0.2, -0.15) is 0 Å².